The van der Waals surface area contributed by atoms with Crippen LogP contribution in [0.3, 0.4) is 0 Å². The van der Waals surface area contributed by atoms with Gasteiger partial charge in [-0.05, 0) is 89.1 Å². The van der Waals surface area contributed by atoms with Crippen molar-refractivity contribution in [2.75, 3.05) is 26.4 Å². The summed E-state index contributed by atoms with van der Waals surface area (Å²) in [7, 11) is 0. The van der Waals surface area contributed by atoms with E-state index in [1.54, 1.807) is 38.1 Å². The molecule has 2 aromatic rings. The molecule has 0 fully saturated rings. The first-order valence-electron chi connectivity index (χ1n) is 12.9. The average Bonchev–Trinajstić information content (AvgIpc) is 2.91. The van der Waals surface area contributed by atoms with Crippen LogP contribution in [0, 0.1) is 0 Å². The number of carbonyl (C=O) groups excluding carboxylic acids is 2. The Labute approximate surface area is 234 Å². The SMILES string of the molecule is CCOc1ccc(/C=N/NC(=O)[C@H](C)S[C@H](C)C(=O)N/N=C/c2ccc(OCC)c(OCC)c2)cc1OCC. The number of carbonyl (C=O) groups is 2. The molecule has 2 amide bonds. The minimum atomic E-state index is -0.522. The lowest BCUT2D eigenvalue weighted by molar-refractivity contribution is -0.120. The Bertz CT molecular complexity index is 1050. The van der Waals surface area contributed by atoms with Gasteiger partial charge in [0.15, 0.2) is 23.0 Å². The van der Waals surface area contributed by atoms with E-state index >= 15 is 0 Å². The highest BCUT2D eigenvalue weighted by molar-refractivity contribution is 8.01. The van der Waals surface area contributed by atoms with Crippen LogP contribution in [-0.2, 0) is 9.59 Å². The monoisotopic (exact) mass is 558 g/mol. The van der Waals surface area contributed by atoms with Gasteiger partial charge in [-0.15, -0.1) is 11.8 Å². The summed E-state index contributed by atoms with van der Waals surface area (Å²) in [5.41, 5.74) is 6.52. The van der Waals surface area contributed by atoms with E-state index in [1.807, 2.05) is 39.8 Å². The van der Waals surface area contributed by atoms with Crippen LogP contribution in [0.2, 0.25) is 0 Å². The first kappa shape index (κ1) is 31.5. The smallest absolute Gasteiger partial charge is 0.252 e. The van der Waals surface area contributed by atoms with E-state index in [4.69, 9.17) is 18.9 Å². The summed E-state index contributed by atoms with van der Waals surface area (Å²) in [4.78, 5) is 25.0. The van der Waals surface area contributed by atoms with Gasteiger partial charge in [0.05, 0.1) is 49.4 Å². The van der Waals surface area contributed by atoms with Crippen molar-refractivity contribution < 1.29 is 28.5 Å². The van der Waals surface area contributed by atoms with Gasteiger partial charge in [-0.3, -0.25) is 9.59 Å². The second-order valence-electron chi connectivity index (χ2n) is 8.03. The molecule has 0 aliphatic heterocycles. The molecule has 2 rings (SSSR count). The van der Waals surface area contributed by atoms with E-state index < -0.39 is 10.5 Å². The molecule has 0 bridgehead atoms. The van der Waals surface area contributed by atoms with Gasteiger partial charge >= 0.3 is 0 Å². The van der Waals surface area contributed by atoms with Crippen LogP contribution in [0.4, 0.5) is 0 Å². The molecular formula is C28H38N4O6S. The van der Waals surface area contributed by atoms with Gasteiger partial charge in [-0.1, -0.05) is 0 Å². The Morgan fingerprint density at radius 1 is 0.692 bits per heavy atom. The Hall–Kier alpha value is -3.73. The first-order chi connectivity index (χ1) is 18.8. The Balaban J connectivity index is 1.87. The summed E-state index contributed by atoms with van der Waals surface area (Å²) in [6.07, 6.45) is 3.05. The van der Waals surface area contributed by atoms with Gasteiger partial charge in [0.1, 0.15) is 0 Å². The van der Waals surface area contributed by atoms with E-state index in [9.17, 15) is 9.59 Å². The lowest BCUT2D eigenvalue weighted by atomic mass is 10.2. The number of nitrogens with one attached hydrogen (secondary N) is 2. The van der Waals surface area contributed by atoms with Crippen LogP contribution in [0.1, 0.15) is 52.7 Å². The van der Waals surface area contributed by atoms with Gasteiger partial charge in [0.2, 0.25) is 0 Å². The minimum absolute atomic E-state index is 0.326. The molecule has 0 saturated heterocycles. The Morgan fingerprint density at radius 3 is 1.41 bits per heavy atom. The van der Waals surface area contributed by atoms with Crippen molar-refractivity contribution in [3.63, 3.8) is 0 Å². The second kappa shape index (κ2) is 17.0. The highest BCUT2D eigenvalue weighted by Gasteiger charge is 2.21. The molecular weight excluding hydrogens is 520 g/mol. The summed E-state index contributed by atoms with van der Waals surface area (Å²) in [5.74, 6) is 1.87. The Morgan fingerprint density at radius 2 is 1.05 bits per heavy atom. The van der Waals surface area contributed by atoms with Crippen molar-refractivity contribution in [2.45, 2.75) is 52.0 Å². The molecule has 39 heavy (non-hydrogen) atoms. The van der Waals surface area contributed by atoms with Crippen LogP contribution in [0.15, 0.2) is 46.6 Å². The van der Waals surface area contributed by atoms with Crippen LogP contribution >= 0.6 is 11.8 Å². The largest absolute Gasteiger partial charge is 0.490 e. The van der Waals surface area contributed by atoms with Crippen molar-refractivity contribution in [1.82, 2.24) is 10.9 Å². The molecule has 0 saturated carbocycles. The maximum atomic E-state index is 12.5. The molecule has 0 aliphatic rings. The fourth-order valence-corrected chi connectivity index (χ4v) is 4.21. The number of rotatable bonds is 16. The molecule has 0 unspecified atom stereocenters. The zero-order valence-corrected chi connectivity index (χ0v) is 24.2. The quantitative estimate of drug-likeness (QED) is 0.232. The number of hydrogen-bond donors (Lipinski definition) is 2. The van der Waals surface area contributed by atoms with E-state index in [-0.39, 0.29) is 11.8 Å². The number of hydrogen-bond acceptors (Lipinski definition) is 9. The number of benzene rings is 2. The normalized spacial score (nSPS) is 12.7. The fraction of sp³-hybridized carbons (Fsp3) is 0.429. The molecule has 212 valence electrons. The predicted molar refractivity (Wildman–Crippen MR) is 156 cm³/mol. The molecule has 11 heteroatoms. The van der Waals surface area contributed by atoms with Crippen molar-refractivity contribution in [3.05, 3.63) is 47.5 Å². The van der Waals surface area contributed by atoms with E-state index in [1.165, 1.54) is 24.2 Å². The number of thioether (sulfide) groups is 1. The molecule has 0 radical (unpaired) electrons. The third kappa shape index (κ3) is 10.5. The third-order valence-electron chi connectivity index (χ3n) is 5.06. The van der Waals surface area contributed by atoms with Crippen LogP contribution in [-0.4, -0.2) is 61.2 Å². The van der Waals surface area contributed by atoms with Gasteiger partial charge in [-0.2, -0.15) is 10.2 Å². The van der Waals surface area contributed by atoms with Crippen molar-refractivity contribution in [2.24, 2.45) is 10.2 Å². The number of nitrogens with zero attached hydrogens (tertiary/aromatic N) is 2. The molecule has 0 aromatic heterocycles. The molecule has 0 spiro atoms. The summed E-state index contributed by atoms with van der Waals surface area (Å²) in [5, 5.41) is 7.03. The molecule has 2 N–H and O–H groups in total. The fourth-order valence-electron chi connectivity index (χ4n) is 3.25. The minimum Gasteiger partial charge on any atom is -0.490 e. The van der Waals surface area contributed by atoms with Crippen molar-refractivity contribution in [1.29, 1.82) is 0 Å². The summed E-state index contributed by atoms with van der Waals surface area (Å²) < 4.78 is 22.3. The predicted octanol–water partition coefficient (Wildman–Crippen LogP) is 4.39. The van der Waals surface area contributed by atoms with Gasteiger partial charge in [0.25, 0.3) is 11.8 Å². The number of hydrazone groups is 2. The van der Waals surface area contributed by atoms with E-state index in [2.05, 4.69) is 21.1 Å². The molecule has 2 atom stereocenters. The third-order valence-corrected chi connectivity index (χ3v) is 6.30. The van der Waals surface area contributed by atoms with Crippen LogP contribution in [0.25, 0.3) is 0 Å². The molecule has 0 heterocycles. The average molecular weight is 559 g/mol. The van der Waals surface area contributed by atoms with E-state index in [0.29, 0.717) is 49.4 Å². The first-order valence-corrected chi connectivity index (χ1v) is 13.9. The highest BCUT2D eigenvalue weighted by Crippen LogP contribution is 2.29. The highest BCUT2D eigenvalue weighted by atomic mass is 32.2. The summed E-state index contributed by atoms with van der Waals surface area (Å²) >= 11 is 1.20. The molecule has 2 aromatic carbocycles. The molecule has 0 aliphatic carbocycles. The van der Waals surface area contributed by atoms with Crippen molar-refractivity contribution >= 4 is 36.0 Å². The second-order valence-corrected chi connectivity index (χ2v) is 9.72. The number of ether oxygens (including phenoxy) is 4. The number of amides is 2. The van der Waals surface area contributed by atoms with Crippen LogP contribution in [0.5, 0.6) is 23.0 Å². The van der Waals surface area contributed by atoms with Crippen molar-refractivity contribution in [3.8, 4) is 23.0 Å². The zero-order valence-electron chi connectivity index (χ0n) is 23.4. The van der Waals surface area contributed by atoms with Gasteiger partial charge < -0.3 is 18.9 Å². The Kier molecular flexibility index (Phi) is 13.7. The van der Waals surface area contributed by atoms with Gasteiger partial charge in [0, 0.05) is 0 Å². The lowest BCUT2D eigenvalue weighted by Gasteiger charge is -2.14. The van der Waals surface area contributed by atoms with E-state index in [0.717, 1.165) is 11.1 Å². The zero-order chi connectivity index (χ0) is 28.6. The maximum Gasteiger partial charge on any atom is 0.252 e. The standard InChI is InChI=1S/C28H38N4O6S/c1-7-35-23-13-11-21(15-25(23)37-9-3)17-29-31-27(33)19(5)39-20(6)28(34)32-30-18-22-12-14-24(36-8-2)26(16-22)38-10-4/h11-20H,7-10H2,1-6H3,(H,31,33)(H,32,34)/b29-17+,30-18+/t19-,20+. The lowest BCUT2D eigenvalue weighted by Crippen LogP contribution is -2.33. The van der Waals surface area contributed by atoms with Crippen LogP contribution < -0.4 is 29.8 Å². The topological polar surface area (TPSA) is 120 Å². The summed E-state index contributed by atoms with van der Waals surface area (Å²) in [6, 6.07) is 10.8. The summed E-state index contributed by atoms with van der Waals surface area (Å²) in [6.45, 7) is 13.1. The van der Waals surface area contributed by atoms with Gasteiger partial charge in [-0.25, -0.2) is 10.9 Å². The maximum absolute atomic E-state index is 12.5. The molecule has 10 nitrogen and oxygen atoms in total.